The van der Waals surface area contributed by atoms with E-state index in [1.807, 2.05) is 54.6 Å². The van der Waals surface area contributed by atoms with E-state index >= 15 is 0 Å². The maximum absolute atomic E-state index is 13.1. The molecule has 1 N–H and O–H groups in total. The first-order chi connectivity index (χ1) is 21.0. The van der Waals surface area contributed by atoms with Gasteiger partial charge in [0.15, 0.2) is 0 Å². The first-order valence-corrected chi connectivity index (χ1v) is 15.7. The van der Waals surface area contributed by atoms with E-state index in [4.69, 9.17) is 14.5 Å². The minimum Gasteiger partial charge on any atom is -0.474 e. The van der Waals surface area contributed by atoms with Crippen molar-refractivity contribution in [3.05, 3.63) is 89.2 Å². The predicted molar refractivity (Wildman–Crippen MR) is 170 cm³/mol. The van der Waals surface area contributed by atoms with Crippen molar-refractivity contribution in [1.29, 1.82) is 0 Å². The van der Waals surface area contributed by atoms with E-state index < -0.39 is 12.1 Å². The maximum Gasteiger partial charge on any atom is 0.352 e. The Kier molecular flexibility index (Phi) is 10.1. The third kappa shape index (κ3) is 7.45. The fourth-order valence-electron chi connectivity index (χ4n) is 5.92. The highest BCUT2D eigenvalue weighted by Gasteiger charge is 2.25. The van der Waals surface area contributed by atoms with Crippen LogP contribution in [0.4, 0.5) is 5.69 Å². The molecule has 1 amide bonds. The normalized spacial score (nSPS) is 14.4. The van der Waals surface area contributed by atoms with Gasteiger partial charge in [-0.1, -0.05) is 75.1 Å². The Morgan fingerprint density at radius 1 is 1.00 bits per heavy atom. The third-order valence-electron chi connectivity index (χ3n) is 8.33. The minimum absolute atomic E-state index is 0.0846. The third-order valence-corrected chi connectivity index (χ3v) is 8.33. The van der Waals surface area contributed by atoms with Gasteiger partial charge in [0.25, 0.3) is 0 Å². The molecule has 226 valence electrons. The van der Waals surface area contributed by atoms with Crippen LogP contribution in [-0.2, 0) is 34.2 Å². The van der Waals surface area contributed by atoms with Crippen LogP contribution in [-0.4, -0.2) is 28.0 Å². The lowest BCUT2D eigenvalue weighted by atomic mass is 9.88. The van der Waals surface area contributed by atoms with Crippen molar-refractivity contribution >= 4 is 28.6 Å². The van der Waals surface area contributed by atoms with Crippen molar-refractivity contribution in [2.75, 3.05) is 11.9 Å². The number of ether oxygens (including phenoxy) is 2. The summed E-state index contributed by atoms with van der Waals surface area (Å²) in [6, 6.07) is 21.4. The van der Waals surface area contributed by atoms with Crippen molar-refractivity contribution in [3.8, 4) is 5.75 Å². The number of rotatable bonds is 12. The molecule has 4 aromatic rings. The molecule has 0 saturated heterocycles. The highest BCUT2D eigenvalue weighted by molar-refractivity contribution is 5.95. The first-order valence-electron chi connectivity index (χ1n) is 15.7. The SMILES string of the molecule is CCCCc1nc2c(Cc3ccc(OC(C(=O)OCC)c4ccccc4)cc3)cc(NC(=O)C3CCCCC3)cc2n1C. The molecule has 3 aromatic carbocycles. The van der Waals surface area contributed by atoms with Crippen LogP contribution in [0.3, 0.4) is 0 Å². The molecule has 0 aliphatic heterocycles. The number of carbonyl (C=O) groups is 2. The van der Waals surface area contributed by atoms with E-state index in [0.29, 0.717) is 12.2 Å². The van der Waals surface area contributed by atoms with Crippen LogP contribution >= 0.6 is 0 Å². The highest BCUT2D eigenvalue weighted by atomic mass is 16.6. The number of nitrogens with one attached hydrogen (secondary N) is 1. The lowest BCUT2D eigenvalue weighted by molar-refractivity contribution is -0.151. The second-order valence-corrected chi connectivity index (χ2v) is 11.5. The monoisotopic (exact) mass is 581 g/mol. The number of amides is 1. The number of anilines is 1. The molecule has 5 rings (SSSR count). The summed E-state index contributed by atoms with van der Waals surface area (Å²) in [5.74, 6) is 1.43. The number of aryl methyl sites for hydroxylation is 2. The van der Waals surface area contributed by atoms with E-state index in [9.17, 15) is 9.59 Å². The van der Waals surface area contributed by atoms with Gasteiger partial charge >= 0.3 is 5.97 Å². The lowest BCUT2D eigenvalue weighted by Crippen LogP contribution is -2.24. The smallest absolute Gasteiger partial charge is 0.352 e. The zero-order chi connectivity index (χ0) is 30.2. The molecule has 0 radical (unpaired) electrons. The molecule has 43 heavy (non-hydrogen) atoms. The molecule has 1 saturated carbocycles. The fraction of sp³-hybridized carbons (Fsp3) is 0.417. The molecule has 1 aliphatic carbocycles. The minimum atomic E-state index is -0.842. The number of aromatic nitrogens is 2. The van der Waals surface area contributed by atoms with Gasteiger partial charge in [0.2, 0.25) is 12.0 Å². The van der Waals surface area contributed by atoms with Crippen LogP contribution < -0.4 is 10.1 Å². The van der Waals surface area contributed by atoms with E-state index in [1.165, 1.54) is 6.42 Å². The Morgan fingerprint density at radius 3 is 2.44 bits per heavy atom. The Balaban J connectivity index is 1.40. The number of imidazole rings is 1. The number of hydrogen-bond acceptors (Lipinski definition) is 5. The van der Waals surface area contributed by atoms with Crippen molar-refractivity contribution in [2.45, 2.75) is 77.7 Å². The second kappa shape index (κ2) is 14.4. The van der Waals surface area contributed by atoms with Crippen LogP contribution in [0.15, 0.2) is 66.7 Å². The number of nitrogens with zero attached hydrogens (tertiary/aromatic N) is 2. The number of fused-ring (bicyclic) bond motifs is 1. The molecule has 1 aromatic heterocycles. The average Bonchev–Trinajstić information content (AvgIpc) is 3.35. The van der Waals surface area contributed by atoms with Crippen LogP contribution in [0, 0.1) is 5.92 Å². The summed E-state index contributed by atoms with van der Waals surface area (Å²) in [5, 5.41) is 3.23. The summed E-state index contributed by atoms with van der Waals surface area (Å²) in [5.41, 5.74) is 5.71. The molecule has 1 heterocycles. The molecular weight excluding hydrogens is 538 g/mol. The number of benzene rings is 3. The second-order valence-electron chi connectivity index (χ2n) is 11.5. The highest BCUT2D eigenvalue weighted by Crippen LogP contribution is 2.30. The molecule has 0 bridgehead atoms. The topological polar surface area (TPSA) is 82.5 Å². The Labute approximate surface area is 254 Å². The molecule has 1 unspecified atom stereocenters. The van der Waals surface area contributed by atoms with Gasteiger partial charge < -0.3 is 19.4 Å². The van der Waals surface area contributed by atoms with Gasteiger partial charge in [0.05, 0.1) is 17.6 Å². The standard InChI is InChI=1S/C36H43N3O4/c1-4-6-17-32-38-33-28(23-29(24-31(33)39(32)3)37-35(40)27-15-11-8-12-16-27)22-25-18-20-30(21-19-25)43-34(36(41)42-5-2)26-13-9-7-10-14-26/h7,9-10,13-14,18-21,23-24,27,34H,4-6,8,11-12,15-17,22H2,1-3H3,(H,37,40). The maximum atomic E-state index is 13.1. The lowest BCUT2D eigenvalue weighted by Gasteiger charge is -2.21. The summed E-state index contributed by atoms with van der Waals surface area (Å²) in [6.45, 7) is 4.26. The van der Waals surface area contributed by atoms with E-state index in [1.54, 1.807) is 6.92 Å². The van der Waals surface area contributed by atoms with Crippen LogP contribution in [0.1, 0.15) is 87.4 Å². The molecule has 7 nitrogen and oxygen atoms in total. The van der Waals surface area contributed by atoms with Gasteiger partial charge in [-0.25, -0.2) is 9.78 Å². The predicted octanol–water partition coefficient (Wildman–Crippen LogP) is 7.71. The van der Waals surface area contributed by atoms with Gasteiger partial charge in [0, 0.05) is 30.6 Å². The largest absolute Gasteiger partial charge is 0.474 e. The van der Waals surface area contributed by atoms with Crippen LogP contribution in [0.5, 0.6) is 5.75 Å². The van der Waals surface area contributed by atoms with E-state index in [0.717, 1.165) is 84.2 Å². The van der Waals surface area contributed by atoms with Crippen molar-refractivity contribution in [3.63, 3.8) is 0 Å². The molecule has 1 aliphatic rings. The van der Waals surface area contributed by atoms with Gasteiger partial charge in [-0.15, -0.1) is 0 Å². The molecule has 7 heteroatoms. The van der Waals surface area contributed by atoms with Gasteiger partial charge in [-0.05, 0) is 68.0 Å². The first kappa shape index (κ1) is 30.3. The fourth-order valence-corrected chi connectivity index (χ4v) is 5.92. The van der Waals surface area contributed by atoms with Crippen LogP contribution in [0.2, 0.25) is 0 Å². The number of hydrogen-bond donors (Lipinski definition) is 1. The van der Waals surface area contributed by atoms with Crippen molar-refractivity contribution in [1.82, 2.24) is 9.55 Å². The van der Waals surface area contributed by atoms with Gasteiger partial charge in [0.1, 0.15) is 11.6 Å². The number of esters is 1. The Bertz CT molecular complexity index is 1520. The molecule has 0 spiro atoms. The molecule has 1 fully saturated rings. The summed E-state index contributed by atoms with van der Waals surface area (Å²) in [4.78, 5) is 30.9. The molecule has 1 atom stereocenters. The Hall–Kier alpha value is -4.13. The molecular formula is C36H43N3O4. The zero-order valence-electron chi connectivity index (χ0n) is 25.6. The summed E-state index contributed by atoms with van der Waals surface area (Å²) in [7, 11) is 2.07. The van der Waals surface area contributed by atoms with Crippen molar-refractivity contribution < 1.29 is 19.1 Å². The quantitative estimate of drug-likeness (QED) is 0.173. The van der Waals surface area contributed by atoms with E-state index in [-0.39, 0.29) is 18.4 Å². The van der Waals surface area contributed by atoms with E-state index in [2.05, 4.69) is 36.0 Å². The zero-order valence-corrected chi connectivity index (χ0v) is 25.6. The van der Waals surface area contributed by atoms with Crippen molar-refractivity contribution in [2.24, 2.45) is 13.0 Å². The van der Waals surface area contributed by atoms with Gasteiger partial charge in [-0.2, -0.15) is 0 Å². The summed E-state index contributed by atoms with van der Waals surface area (Å²) in [6.07, 6.45) is 8.29. The van der Waals surface area contributed by atoms with Gasteiger partial charge in [-0.3, -0.25) is 4.79 Å². The number of unbranched alkanes of at least 4 members (excludes halogenated alkanes) is 1. The summed E-state index contributed by atoms with van der Waals surface area (Å²) < 4.78 is 13.6. The number of carbonyl (C=O) groups excluding carboxylic acids is 2. The summed E-state index contributed by atoms with van der Waals surface area (Å²) >= 11 is 0. The Morgan fingerprint density at radius 2 is 1.74 bits per heavy atom. The van der Waals surface area contributed by atoms with Crippen LogP contribution in [0.25, 0.3) is 11.0 Å². The average molecular weight is 582 g/mol.